The zero-order chi connectivity index (χ0) is 19.0. The van der Waals surface area contributed by atoms with Gasteiger partial charge in [0.15, 0.2) is 0 Å². The van der Waals surface area contributed by atoms with Gasteiger partial charge in [-0.15, -0.1) is 0 Å². The summed E-state index contributed by atoms with van der Waals surface area (Å²) in [5.74, 6) is -1.42. The summed E-state index contributed by atoms with van der Waals surface area (Å²) in [4.78, 5) is 31.7. The molecule has 0 saturated heterocycles. The fraction of sp³-hybridized carbons (Fsp3) is 0.529. The third-order valence-corrected chi connectivity index (χ3v) is 3.88. The smallest absolute Gasteiger partial charge is 0.352 e. The summed E-state index contributed by atoms with van der Waals surface area (Å²) in [6.45, 7) is 9.10. The lowest BCUT2D eigenvalue weighted by Gasteiger charge is -2.29. The molecule has 0 radical (unpaired) electrons. The van der Waals surface area contributed by atoms with E-state index >= 15 is 0 Å². The van der Waals surface area contributed by atoms with Crippen LogP contribution in [-0.4, -0.2) is 37.2 Å². The van der Waals surface area contributed by atoms with Crippen molar-refractivity contribution in [1.82, 2.24) is 14.5 Å². The Bertz CT molecular complexity index is 821. The first-order chi connectivity index (χ1) is 11.4. The van der Waals surface area contributed by atoms with Gasteiger partial charge in [-0.1, -0.05) is 0 Å². The average molecular weight is 368 g/mol. The van der Waals surface area contributed by atoms with Gasteiger partial charge < -0.3 is 14.4 Å². The molecule has 0 fully saturated rings. The summed E-state index contributed by atoms with van der Waals surface area (Å²) in [6, 6.07) is 1.50. The molecule has 0 unspecified atom stereocenters. The Morgan fingerprint density at radius 1 is 1.28 bits per heavy atom. The van der Waals surface area contributed by atoms with E-state index in [-0.39, 0.29) is 23.4 Å². The van der Waals surface area contributed by atoms with Crippen molar-refractivity contribution in [3.63, 3.8) is 0 Å². The minimum absolute atomic E-state index is 0.0340. The second-order valence-electron chi connectivity index (χ2n) is 7.49. The molecule has 0 atom stereocenters. The van der Waals surface area contributed by atoms with Crippen LogP contribution < -0.4 is 0 Å². The predicted molar refractivity (Wildman–Crippen MR) is 93.9 cm³/mol. The standard InChI is InChI=1S/C17H22ClN3O4/c1-16(2,3)25-12(22)6-7-17(4,5)21-11(14(23)24)8-10-9-19-15(18)20-13(10)21/h8-9H,6-7H2,1-5H3,(H,23,24). The third-order valence-electron chi connectivity index (χ3n) is 3.70. The summed E-state index contributed by atoms with van der Waals surface area (Å²) in [5, 5.41) is 10.1. The van der Waals surface area contributed by atoms with Crippen molar-refractivity contribution < 1.29 is 19.4 Å². The average Bonchev–Trinajstić information content (AvgIpc) is 2.83. The van der Waals surface area contributed by atoms with Crippen molar-refractivity contribution in [2.24, 2.45) is 0 Å². The maximum atomic E-state index is 12.0. The summed E-state index contributed by atoms with van der Waals surface area (Å²) < 4.78 is 6.91. The molecule has 2 heterocycles. The van der Waals surface area contributed by atoms with Crippen LogP contribution in [0.5, 0.6) is 0 Å². The number of carboxylic acid groups (broad SMARTS) is 1. The summed E-state index contributed by atoms with van der Waals surface area (Å²) in [7, 11) is 0. The van der Waals surface area contributed by atoms with Gasteiger partial charge in [-0.05, 0) is 58.7 Å². The largest absolute Gasteiger partial charge is 0.477 e. The lowest BCUT2D eigenvalue weighted by Crippen LogP contribution is -2.31. The molecular formula is C17H22ClN3O4. The van der Waals surface area contributed by atoms with E-state index in [1.54, 1.807) is 25.3 Å². The minimum Gasteiger partial charge on any atom is -0.477 e. The molecular weight excluding hydrogens is 346 g/mol. The fourth-order valence-electron chi connectivity index (χ4n) is 2.65. The molecule has 8 heteroatoms. The monoisotopic (exact) mass is 367 g/mol. The van der Waals surface area contributed by atoms with Gasteiger partial charge >= 0.3 is 11.9 Å². The van der Waals surface area contributed by atoms with Gasteiger partial charge in [-0.3, -0.25) is 4.79 Å². The molecule has 0 bridgehead atoms. The van der Waals surface area contributed by atoms with Crippen LogP contribution >= 0.6 is 11.6 Å². The predicted octanol–water partition coefficient (Wildman–Crippen LogP) is 3.64. The van der Waals surface area contributed by atoms with E-state index in [4.69, 9.17) is 16.3 Å². The molecule has 0 aliphatic heterocycles. The van der Waals surface area contributed by atoms with E-state index in [1.807, 2.05) is 13.8 Å². The van der Waals surface area contributed by atoms with Gasteiger partial charge in [0.1, 0.15) is 16.9 Å². The topological polar surface area (TPSA) is 94.3 Å². The zero-order valence-electron chi connectivity index (χ0n) is 15.0. The Balaban J connectivity index is 2.37. The number of fused-ring (bicyclic) bond motifs is 1. The maximum Gasteiger partial charge on any atom is 0.352 e. The van der Waals surface area contributed by atoms with E-state index in [2.05, 4.69) is 9.97 Å². The van der Waals surface area contributed by atoms with Crippen LogP contribution in [-0.2, 0) is 15.1 Å². The van der Waals surface area contributed by atoms with E-state index in [9.17, 15) is 14.7 Å². The maximum absolute atomic E-state index is 12.0. The number of carboxylic acids is 1. The molecule has 7 nitrogen and oxygen atoms in total. The van der Waals surface area contributed by atoms with Crippen molar-refractivity contribution in [3.8, 4) is 0 Å². The van der Waals surface area contributed by atoms with Crippen LogP contribution in [0.3, 0.4) is 0 Å². The zero-order valence-corrected chi connectivity index (χ0v) is 15.7. The van der Waals surface area contributed by atoms with Crippen LogP contribution in [0.2, 0.25) is 5.28 Å². The molecule has 0 aromatic carbocycles. The van der Waals surface area contributed by atoms with Crippen LogP contribution in [0.4, 0.5) is 0 Å². The van der Waals surface area contributed by atoms with Crippen molar-refractivity contribution in [3.05, 3.63) is 23.2 Å². The van der Waals surface area contributed by atoms with Crippen molar-refractivity contribution >= 4 is 34.6 Å². The number of ether oxygens (including phenoxy) is 1. The SMILES string of the molecule is CC(C)(C)OC(=O)CCC(C)(C)n1c(C(=O)O)cc2cnc(Cl)nc21. The molecule has 0 saturated carbocycles. The summed E-state index contributed by atoms with van der Waals surface area (Å²) in [6.07, 6.45) is 2.02. The van der Waals surface area contributed by atoms with Gasteiger partial charge in [0.05, 0.1) is 0 Å². The van der Waals surface area contributed by atoms with Gasteiger partial charge in [0.25, 0.3) is 0 Å². The highest BCUT2D eigenvalue weighted by molar-refractivity contribution is 6.28. The van der Waals surface area contributed by atoms with Gasteiger partial charge in [0, 0.05) is 23.5 Å². The third kappa shape index (κ3) is 4.48. The van der Waals surface area contributed by atoms with E-state index in [1.165, 1.54) is 12.3 Å². The van der Waals surface area contributed by atoms with Gasteiger partial charge in [0.2, 0.25) is 5.28 Å². The molecule has 1 N–H and O–H groups in total. The van der Waals surface area contributed by atoms with Crippen molar-refractivity contribution in [2.45, 2.75) is 58.6 Å². The van der Waals surface area contributed by atoms with Crippen molar-refractivity contribution in [2.75, 3.05) is 0 Å². The highest BCUT2D eigenvalue weighted by Crippen LogP contribution is 2.31. The first-order valence-electron chi connectivity index (χ1n) is 7.90. The first kappa shape index (κ1) is 19.2. The number of hydrogen-bond acceptors (Lipinski definition) is 5. The Morgan fingerprint density at radius 3 is 2.48 bits per heavy atom. The Morgan fingerprint density at radius 2 is 1.92 bits per heavy atom. The second-order valence-corrected chi connectivity index (χ2v) is 7.83. The number of aromatic carboxylic acids is 1. The minimum atomic E-state index is -1.08. The normalized spacial score (nSPS) is 12.4. The first-order valence-corrected chi connectivity index (χ1v) is 8.28. The molecule has 0 aliphatic carbocycles. The van der Waals surface area contributed by atoms with Crippen LogP contribution in [0, 0.1) is 0 Å². The number of esters is 1. The Labute approximate surface area is 151 Å². The fourth-order valence-corrected chi connectivity index (χ4v) is 2.78. The van der Waals surface area contributed by atoms with Crippen LogP contribution in [0.25, 0.3) is 11.0 Å². The van der Waals surface area contributed by atoms with E-state index < -0.39 is 17.1 Å². The number of halogens is 1. The van der Waals surface area contributed by atoms with Gasteiger partial charge in [-0.2, -0.15) is 4.98 Å². The molecule has 25 heavy (non-hydrogen) atoms. The summed E-state index contributed by atoms with van der Waals surface area (Å²) >= 11 is 5.87. The quantitative estimate of drug-likeness (QED) is 0.640. The molecule has 0 amide bonds. The van der Waals surface area contributed by atoms with E-state index in [0.29, 0.717) is 17.5 Å². The Kier molecular flexibility index (Phi) is 5.09. The molecule has 136 valence electrons. The van der Waals surface area contributed by atoms with Crippen molar-refractivity contribution in [1.29, 1.82) is 0 Å². The molecule has 0 spiro atoms. The molecule has 0 aliphatic rings. The number of hydrogen-bond donors (Lipinski definition) is 1. The Hall–Kier alpha value is -2.15. The van der Waals surface area contributed by atoms with E-state index in [0.717, 1.165) is 0 Å². The molecule has 2 aromatic rings. The number of nitrogens with zero attached hydrogens (tertiary/aromatic N) is 3. The second kappa shape index (κ2) is 6.63. The highest BCUT2D eigenvalue weighted by atomic mass is 35.5. The molecule has 2 rings (SSSR count). The van der Waals surface area contributed by atoms with Gasteiger partial charge in [-0.25, -0.2) is 9.78 Å². The lowest BCUT2D eigenvalue weighted by atomic mass is 9.97. The lowest BCUT2D eigenvalue weighted by molar-refractivity contribution is -0.155. The van der Waals surface area contributed by atoms with Crippen LogP contribution in [0.1, 0.15) is 57.9 Å². The number of carbonyl (C=O) groups is 2. The van der Waals surface area contributed by atoms with Crippen LogP contribution in [0.15, 0.2) is 12.3 Å². The number of aromatic nitrogens is 3. The summed E-state index contributed by atoms with van der Waals surface area (Å²) in [5.41, 5.74) is -0.759. The number of carbonyl (C=O) groups excluding carboxylic acids is 1. The molecule has 2 aromatic heterocycles. The number of rotatable bonds is 5. The highest BCUT2D eigenvalue weighted by Gasteiger charge is 2.30.